The Morgan fingerprint density at radius 3 is 2.39 bits per heavy atom. The van der Waals surface area contributed by atoms with Crippen molar-refractivity contribution in [2.45, 2.75) is 53.5 Å². The molecular formula is C21H26N2O5. The molecule has 28 heavy (non-hydrogen) atoms. The maximum absolute atomic E-state index is 12.6. The van der Waals surface area contributed by atoms with Crippen LogP contribution in [0, 0.1) is 27.7 Å². The Labute approximate surface area is 164 Å². The van der Waals surface area contributed by atoms with E-state index in [1.54, 1.807) is 20.8 Å². The van der Waals surface area contributed by atoms with Crippen molar-refractivity contribution in [1.82, 2.24) is 9.55 Å². The van der Waals surface area contributed by atoms with Gasteiger partial charge >= 0.3 is 11.9 Å². The zero-order valence-corrected chi connectivity index (χ0v) is 17.0. The van der Waals surface area contributed by atoms with Gasteiger partial charge in [-0.25, -0.2) is 9.59 Å². The van der Waals surface area contributed by atoms with E-state index < -0.39 is 18.5 Å². The number of rotatable bonds is 7. The van der Waals surface area contributed by atoms with Gasteiger partial charge in [0.2, 0.25) is 5.78 Å². The minimum atomic E-state index is -0.514. The highest BCUT2D eigenvalue weighted by Crippen LogP contribution is 2.38. The molecule has 0 aliphatic heterocycles. The van der Waals surface area contributed by atoms with Gasteiger partial charge in [-0.15, -0.1) is 0 Å². The molecule has 0 bridgehead atoms. The fraction of sp³-hybridized carbons (Fsp3) is 0.476. The first-order valence-corrected chi connectivity index (χ1v) is 9.51. The summed E-state index contributed by atoms with van der Waals surface area (Å²) in [5, 5.41) is 0. The van der Waals surface area contributed by atoms with Gasteiger partial charge in [0.1, 0.15) is 0 Å². The predicted molar refractivity (Wildman–Crippen MR) is 103 cm³/mol. The molecule has 2 aromatic heterocycles. The van der Waals surface area contributed by atoms with Crippen molar-refractivity contribution in [3.8, 4) is 0 Å². The van der Waals surface area contributed by atoms with Gasteiger partial charge in [0, 0.05) is 23.1 Å². The summed E-state index contributed by atoms with van der Waals surface area (Å²) < 4.78 is 12.5. The lowest BCUT2D eigenvalue weighted by Crippen LogP contribution is -2.16. The van der Waals surface area contributed by atoms with Gasteiger partial charge in [-0.1, -0.05) is 0 Å². The van der Waals surface area contributed by atoms with Crippen LogP contribution in [0.4, 0.5) is 0 Å². The third kappa shape index (κ3) is 3.61. The Hall–Kier alpha value is -2.83. The average Bonchev–Trinajstić information content (AvgIpc) is 3.35. The van der Waals surface area contributed by atoms with E-state index >= 15 is 0 Å². The van der Waals surface area contributed by atoms with Crippen LogP contribution in [0.5, 0.6) is 0 Å². The predicted octanol–water partition coefficient (Wildman–Crippen LogP) is 3.60. The number of hydrogen-bond acceptors (Lipinski definition) is 5. The summed E-state index contributed by atoms with van der Waals surface area (Å²) in [7, 11) is 0. The number of ketones is 1. The van der Waals surface area contributed by atoms with Crippen LogP contribution >= 0.6 is 0 Å². The topological polar surface area (TPSA) is 90.4 Å². The van der Waals surface area contributed by atoms with Crippen LogP contribution in [-0.4, -0.2) is 40.5 Å². The van der Waals surface area contributed by atoms with Gasteiger partial charge < -0.3 is 19.0 Å². The third-order valence-electron chi connectivity index (χ3n) is 5.15. The number of carbonyl (C=O) groups is 3. The fourth-order valence-electron chi connectivity index (χ4n) is 3.70. The standard InChI is InChI=1S/C21H26N2O5/c1-6-27-21(26)18-12(3)19(22-13(18)4)17(24)10-28-20(25)16-9-11(2)23(14(16)5)15-7-8-15/h9,15,22H,6-8,10H2,1-5H3. The second-order valence-corrected chi connectivity index (χ2v) is 7.23. The molecule has 2 heterocycles. The molecule has 0 spiro atoms. The fourth-order valence-corrected chi connectivity index (χ4v) is 3.70. The first-order chi connectivity index (χ1) is 13.3. The highest BCUT2D eigenvalue weighted by molar-refractivity contribution is 6.03. The lowest BCUT2D eigenvalue weighted by Gasteiger charge is -2.08. The number of H-pyrrole nitrogens is 1. The van der Waals surface area contributed by atoms with E-state index in [1.807, 2.05) is 19.9 Å². The summed E-state index contributed by atoms with van der Waals surface area (Å²) >= 11 is 0. The van der Waals surface area contributed by atoms with E-state index in [-0.39, 0.29) is 18.1 Å². The number of nitrogens with zero attached hydrogens (tertiary/aromatic N) is 1. The van der Waals surface area contributed by atoms with Crippen molar-refractivity contribution in [2.75, 3.05) is 13.2 Å². The van der Waals surface area contributed by atoms with Crippen molar-refractivity contribution in [3.05, 3.63) is 45.5 Å². The third-order valence-corrected chi connectivity index (χ3v) is 5.15. The zero-order chi connectivity index (χ0) is 20.6. The Kier molecular flexibility index (Phi) is 5.45. The molecule has 7 heteroatoms. The van der Waals surface area contributed by atoms with Gasteiger partial charge in [-0.2, -0.15) is 0 Å². The summed E-state index contributed by atoms with van der Waals surface area (Å²) in [4.78, 5) is 40.0. The number of hydrogen-bond donors (Lipinski definition) is 1. The van der Waals surface area contributed by atoms with Gasteiger partial charge in [0.05, 0.1) is 23.4 Å². The molecule has 0 atom stereocenters. The van der Waals surface area contributed by atoms with Gasteiger partial charge in [0.15, 0.2) is 6.61 Å². The first kappa shape index (κ1) is 19.9. The minimum Gasteiger partial charge on any atom is -0.462 e. The second kappa shape index (κ2) is 7.66. The molecule has 1 aliphatic rings. The number of carbonyl (C=O) groups excluding carboxylic acids is 3. The van der Waals surface area contributed by atoms with Crippen LogP contribution in [0.15, 0.2) is 6.07 Å². The Balaban J connectivity index is 1.71. The molecule has 7 nitrogen and oxygen atoms in total. The zero-order valence-electron chi connectivity index (χ0n) is 17.0. The van der Waals surface area contributed by atoms with E-state index in [2.05, 4.69) is 9.55 Å². The maximum atomic E-state index is 12.6. The summed E-state index contributed by atoms with van der Waals surface area (Å²) in [5.74, 6) is -1.38. The van der Waals surface area contributed by atoms with Gasteiger partial charge in [-0.05, 0) is 59.1 Å². The Morgan fingerprint density at radius 1 is 1.11 bits per heavy atom. The van der Waals surface area contributed by atoms with Crippen LogP contribution in [0.1, 0.15) is 79.7 Å². The first-order valence-electron chi connectivity index (χ1n) is 9.51. The second-order valence-electron chi connectivity index (χ2n) is 7.23. The Morgan fingerprint density at radius 2 is 1.79 bits per heavy atom. The molecule has 0 saturated heterocycles. The number of esters is 2. The van der Waals surface area contributed by atoms with Crippen LogP contribution < -0.4 is 0 Å². The van der Waals surface area contributed by atoms with Crippen LogP contribution in [-0.2, 0) is 9.47 Å². The molecule has 1 saturated carbocycles. The van der Waals surface area contributed by atoms with Crippen molar-refractivity contribution in [2.24, 2.45) is 0 Å². The minimum absolute atomic E-state index is 0.253. The molecule has 0 aromatic carbocycles. The summed E-state index contributed by atoms with van der Waals surface area (Å²) in [6.45, 7) is 8.82. The molecule has 0 radical (unpaired) electrons. The average molecular weight is 386 g/mol. The molecule has 1 fully saturated rings. The number of Topliss-reactive ketones (excluding diaryl/α,β-unsaturated/α-hetero) is 1. The number of aromatic nitrogens is 2. The van der Waals surface area contributed by atoms with Crippen molar-refractivity contribution in [3.63, 3.8) is 0 Å². The molecule has 2 aromatic rings. The molecule has 3 rings (SSSR count). The van der Waals surface area contributed by atoms with E-state index in [0.717, 1.165) is 24.2 Å². The van der Waals surface area contributed by atoms with Gasteiger partial charge in [0.25, 0.3) is 0 Å². The molecular weight excluding hydrogens is 360 g/mol. The summed E-state index contributed by atoms with van der Waals surface area (Å²) in [6.07, 6.45) is 2.25. The monoisotopic (exact) mass is 386 g/mol. The van der Waals surface area contributed by atoms with E-state index in [1.165, 1.54) is 0 Å². The van der Waals surface area contributed by atoms with Crippen molar-refractivity contribution >= 4 is 17.7 Å². The number of ether oxygens (including phenoxy) is 2. The van der Waals surface area contributed by atoms with E-state index in [0.29, 0.717) is 28.4 Å². The van der Waals surface area contributed by atoms with Crippen LogP contribution in [0.2, 0.25) is 0 Å². The summed E-state index contributed by atoms with van der Waals surface area (Å²) in [6, 6.07) is 2.28. The number of nitrogens with one attached hydrogen (secondary N) is 1. The smallest absolute Gasteiger partial charge is 0.340 e. The quantitative estimate of drug-likeness (QED) is 0.580. The summed E-state index contributed by atoms with van der Waals surface area (Å²) in [5.41, 5.74) is 4.05. The van der Waals surface area contributed by atoms with Gasteiger partial charge in [-0.3, -0.25) is 4.79 Å². The molecule has 150 valence electrons. The lowest BCUT2D eigenvalue weighted by atomic mass is 10.1. The molecule has 0 unspecified atom stereocenters. The van der Waals surface area contributed by atoms with E-state index in [4.69, 9.17) is 9.47 Å². The number of aryl methyl sites for hydroxylation is 2. The normalized spacial score (nSPS) is 13.5. The van der Waals surface area contributed by atoms with Crippen molar-refractivity contribution < 1.29 is 23.9 Å². The maximum Gasteiger partial charge on any atom is 0.340 e. The molecule has 1 aliphatic carbocycles. The SMILES string of the molecule is CCOC(=O)c1c(C)[nH]c(C(=O)COC(=O)c2cc(C)n(C3CC3)c2C)c1C. The lowest BCUT2D eigenvalue weighted by molar-refractivity contribution is 0.0471. The molecule has 1 N–H and O–H groups in total. The largest absolute Gasteiger partial charge is 0.462 e. The highest BCUT2D eigenvalue weighted by Gasteiger charge is 2.29. The molecule has 0 amide bonds. The van der Waals surface area contributed by atoms with Crippen LogP contribution in [0.25, 0.3) is 0 Å². The van der Waals surface area contributed by atoms with Crippen LogP contribution in [0.3, 0.4) is 0 Å². The Bertz CT molecular complexity index is 947. The highest BCUT2D eigenvalue weighted by atomic mass is 16.5. The van der Waals surface area contributed by atoms with E-state index in [9.17, 15) is 14.4 Å². The number of aromatic amines is 1. The van der Waals surface area contributed by atoms with Crippen molar-refractivity contribution in [1.29, 1.82) is 0 Å².